The molecule has 2 aliphatic heterocycles. The van der Waals surface area contributed by atoms with E-state index in [9.17, 15) is 0 Å². The Hall–Kier alpha value is -1.11. The summed E-state index contributed by atoms with van der Waals surface area (Å²) in [5.74, 6) is 2.94. The van der Waals surface area contributed by atoms with Gasteiger partial charge in [0.2, 0.25) is 0 Å². The van der Waals surface area contributed by atoms with Gasteiger partial charge in [0.1, 0.15) is 30.8 Å². The van der Waals surface area contributed by atoms with Crippen LogP contribution < -0.4 is 18.9 Å². The molecule has 0 atom stereocenters. The van der Waals surface area contributed by atoms with Gasteiger partial charge in [0.25, 0.3) is 0 Å². The Balaban J connectivity index is 1.86. The standard InChI is InChI=1S/C12H9ClO4S2/c13-12-9-8(16-3-4-17-9)11(19-12)10-7-6(5-18-10)14-1-2-15-7/h5H,1-4H2. The number of hydrogen-bond acceptors (Lipinski definition) is 6. The van der Waals surface area contributed by atoms with Crippen LogP contribution in [0.15, 0.2) is 5.38 Å². The molecule has 4 rings (SSSR count). The van der Waals surface area contributed by atoms with Gasteiger partial charge in [0.15, 0.2) is 23.0 Å². The van der Waals surface area contributed by atoms with Gasteiger partial charge in [-0.2, -0.15) is 0 Å². The lowest BCUT2D eigenvalue weighted by atomic mass is 10.3. The molecule has 19 heavy (non-hydrogen) atoms. The van der Waals surface area contributed by atoms with Crippen molar-refractivity contribution < 1.29 is 18.9 Å². The molecule has 0 aliphatic carbocycles. The monoisotopic (exact) mass is 316 g/mol. The van der Waals surface area contributed by atoms with Crippen LogP contribution in [-0.4, -0.2) is 26.4 Å². The van der Waals surface area contributed by atoms with Crippen LogP contribution in [0.1, 0.15) is 0 Å². The SMILES string of the molecule is Clc1sc(-c2scc3c2OCCO3)c2c1OCCO2. The van der Waals surface area contributed by atoms with E-state index >= 15 is 0 Å². The summed E-state index contributed by atoms with van der Waals surface area (Å²) in [6.07, 6.45) is 0. The molecule has 7 heteroatoms. The second-order valence-corrected chi connectivity index (χ2v) is 6.52. The van der Waals surface area contributed by atoms with Crippen LogP contribution in [0, 0.1) is 0 Å². The number of halogens is 1. The van der Waals surface area contributed by atoms with E-state index in [4.69, 9.17) is 30.5 Å². The Morgan fingerprint density at radius 3 is 2.37 bits per heavy atom. The quantitative estimate of drug-likeness (QED) is 0.804. The molecule has 0 saturated heterocycles. The van der Waals surface area contributed by atoms with Crippen LogP contribution in [0.2, 0.25) is 4.34 Å². The van der Waals surface area contributed by atoms with Crippen LogP contribution in [0.4, 0.5) is 0 Å². The van der Waals surface area contributed by atoms with E-state index in [0.29, 0.717) is 36.5 Å². The Morgan fingerprint density at radius 2 is 1.53 bits per heavy atom. The van der Waals surface area contributed by atoms with Crippen molar-refractivity contribution in [3.05, 3.63) is 9.72 Å². The lowest BCUT2D eigenvalue weighted by Gasteiger charge is -2.18. The maximum Gasteiger partial charge on any atom is 0.191 e. The van der Waals surface area contributed by atoms with Crippen molar-refractivity contribution in [3.63, 3.8) is 0 Å². The third kappa shape index (κ3) is 1.78. The van der Waals surface area contributed by atoms with Gasteiger partial charge >= 0.3 is 0 Å². The zero-order valence-corrected chi connectivity index (χ0v) is 12.1. The number of fused-ring (bicyclic) bond motifs is 2. The molecule has 0 aromatic carbocycles. The van der Waals surface area contributed by atoms with Gasteiger partial charge in [-0.3, -0.25) is 0 Å². The summed E-state index contributed by atoms with van der Waals surface area (Å²) in [5, 5.41) is 1.95. The predicted octanol–water partition coefficient (Wildman–Crippen LogP) is 3.67. The van der Waals surface area contributed by atoms with Crippen molar-refractivity contribution in [1.29, 1.82) is 0 Å². The summed E-state index contributed by atoms with van der Waals surface area (Å²) < 4.78 is 23.1. The first kappa shape index (κ1) is 11.7. The fourth-order valence-electron chi connectivity index (χ4n) is 2.08. The molecule has 4 nitrogen and oxygen atoms in total. The Labute approximate surface area is 122 Å². The van der Waals surface area contributed by atoms with Crippen molar-refractivity contribution in [3.8, 4) is 32.8 Å². The van der Waals surface area contributed by atoms with Gasteiger partial charge in [-0.15, -0.1) is 22.7 Å². The van der Waals surface area contributed by atoms with Crippen molar-refractivity contribution in [2.45, 2.75) is 0 Å². The molecule has 0 saturated carbocycles. The topological polar surface area (TPSA) is 36.9 Å². The minimum Gasteiger partial charge on any atom is -0.485 e. The van der Waals surface area contributed by atoms with Crippen LogP contribution in [0.3, 0.4) is 0 Å². The minimum absolute atomic E-state index is 0.533. The maximum atomic E-state index is 6.21. The largest absolute Gasteiger partial charge is 0.485 e. The van der Waals surface area contributed by atoms with E-state index in [0.717, 1.165) is 27.0 Å². The third-order valence-corrected chi connectivity index (χ3v) is 5.31. The van der Waals surface area contributed by atoms with Gasteiger partial charge in [-0.1, -0.05) is 11.6 Å². The van der Waals surface area contributed by atoms with Gasteiger partial charge in [-0.05, 0) is 0 Å². The van der Waals surface area contributed by atoms with Gasteiger partial charge < -0.3 is 18.9 Å². The summed E-state index contributed by atoms with van der Waals surface area (Å²) in [5.41, 5.74) is 0. The molecular weight excluding hydrogens is 308 g/mol. The average molecular weight is 317 g/mol. The molecule has 2 aliphatic rings. The fraction of sp³-hybridized carbons (Fsp3) is 0.333. The smallest absolute Gasteiger partial charge is 0.191 e. The van der Waals surface area contributed by atoms with E-state index < -0.39 is 0 Å². The van der Waals surface area contributed by atoms with Crippen LogP contribution in [-0.2, 0) is 0 Å². The molecule has 100 valence electrons. The molecule has 0 bridgehead atoms. The molecular formula is C12H9ClO4S2. The molecule has 0 unspecified atom stereocenters. The highest BCUT2D eigenvalue weighted by atomic mass is 35.5. The highest BCUT2D eigenvalue weighted by Crippen LogP contribution is 2.57. The average Bonchev–Trinajstić information content (AvgIpc) is 3.01. The van der Waals surface area contributed by atoms with Crippen LogP contribution >= 0.6 is 34.3 Å². The Kier molecular flexibility index (Phi) is 2.75. The second-order valence-electron chi connectivity index (χ2n) is 4.02. The summed E-state index contributed by atoms with van der Waals surface area (Å²) >= 11 is 9.23. The molecule has 4 heterocycles. The minimum atomic E-state index is 0.533. The number of ether oxygens (including phenoxy) is 4. The molecule has 2 aromatic rings. The Morgan fingerprint density at radius 1 is 0.842 bits per heavy atom. The van der Waals surface area contributed by atoms with E-state index in [2.05, 4.69) is 0 Å². The van der Waals surface area contributed by atoms with Crippen molar-refractivity contribution in [1.82, 2.24) is 0 Å². The molecule has 0 fully saturated rings. The van der Waals surface area contributed by atoms with Crippen LogP contribution in [0.5, 0.6) is 23.0 Å². The summed E-state index contributed by atoms with van der Waals surface area (Å²) in [6.45, 7) is 2.23. The molecule has 0 radical (unpaired) electrons. The van der Waals surface area contributed by atoms with Crippen LogP contribution in [0.25, 0.3) is 9.75 Å². The highest BCUT2D eigenvalue weighted by molar-refractivity contribution is 7.24. The van der Waals surface area contributed by atoms with Crippen molar-refractivity contribution in [2.24, 2.45) is 0 Å². The zero-order valence-electron chi connectivity index (χ0n) is 9.73. The lowest BCUT2D eigenvalue weighted by Crippen LogP contribution is -2.15. The van der Waals surface area contributed by atoms with E-state index in [-0.39, 0.29) is 0 Å². The second kappa shape index (κ2) is 4.47. The number of rotatable bonds is 1. The molecule has 0 N–H and O–H groups in total. The number of thiophene rings is 2. The van der Waals surface area contributed by atoms with E-state index in [1.807, 2.05) is 5.38 Å². The fourth-order valence-corrected chi connectivity index (χ4v) is 4.45. The summed E-state index contributed by atoms with van der Waals surface area (Å²) in [6, 6.07) is 0. The first-order valence-electron chi connectivity index (χ1n) is 5.80. The lowest BCUT2D eigenvalue weighted by molar-refractivity contribution is 0.172. The molecule has 0 amide bonds. The summed E-state index contributed by atoms with van der Waals surface area (Å²) in [7, 11) is 0. The summed E-state index contributed by atoms with van der Waals surface area (Å²) in [4.78, 5) is 1.95. The Bertz CT molecular complexity index is 634. The third-order valence-electron chi connectivity index (χ3n) is 2.87. The van der Waals surface area contributed by atoms with Gasteiger partial charge in [-0.25, -0.2) is 0 Å². The molecule has 0 spiro atoms. The van der Waals surface area contributed by atoms with Crippen molar-refractivity contribution in [2.75, 3.05) is 26.4 Å². The zero-order chi connectivity index (χ0) is 12.8. The van der Waals surface area contributed by atoms with Crippen molar-refractivity contribution >= 4 is 34.3 Å². The van der Waals surface area contributed by atoms with E-state index in [1.54, 1.807) is 11.3 Å². The number of hydrogen-bond donors (Lipinski definition) is 0. The highest BCUT2D eigenvalue weighted by Gasteiger charge is 2.29. The van der Waals surface area contributed by atoms with E-state index in [1.165, 1.54) is 11.3 Å². The van der Waals surface area contributed by atoms with Gasteiger partial charge in [0, 0.05) is 5.38 Å². The van der Waals surface area contributed by atoms with Gasteiger partial charge in [0.05, 0.1) is 9.75 Å². The first-order chi connectivity index (χ1) is 9.34. The molecule has 2 aromatic heterocycles. The first-order valence-corrected chi connectivity index (χ1v) is 7.87. The predicted molar refractivity (Wildman–Crippen MR) is 74.6 cm³/mol. The normalized spacial score (nSPS) is 16.5. The maximum absolute atomic E-state index is 6.21.